The third-order valence-corrected chi connectivity index (χ3v) is 9.19. The molecule has 1 fully saturated rings. The zero-order chi connectivity index (χ0) is 27.4. The number of amides is 1. The van der Waals surface area contributed by atoms with Gasteiger partial charge in [-0.2, -0.15) is 0 Å². The highest BCUT2D eigenvalue weighted by Crippen LogP contribution is 2.31. The van der Waals surface area contributed by atoms with Crippen molar-refractivity contribution in [1.29, 1.82) is 0 Å². The average molecular weight is 566 g/mol. The number of para-hydroxylation sites is 1. The number of fused-ring (bicyclic) bond motifs is 1. The Hall–Kier alpha value is -3.67. The van der Waals surface area contributed by atoms with Crippen LogP contribution in [0.2, 0.25) is 0 Å². The van der Waals surface area contributed by atoms with Crippen LogP contribution in [0.15, 0.2) is 71.6 Å². The van der Waals surface area contributed by atoms with Crippen molar-refractivity contribution in [2.24, 2.45) is 0 Å². The number of benzene rings is 3. The van der Waals surface area contributed by atoms with Gasteiger partial charge in [0.1, 0.15) is 5.75 Å². The fourth-order valence-electron chi connectivity index (χ4n) is 4.50. The topological polar surface area (TPSA) is 104 Å². The van der Waals surface area contributed by atoms with Gasteiger partial charge in [0.2, 0.25) is 0 Å². The van der Waals surface area contributed by atoms with Crippen LogP contribution in [0.4, 0.5) is 10.8 Å². The third kappa shape index (κ3) is 6.32. The largest absolute Gasteiger partial charge is 0.497 e. The number of hydrogen-bond acceptors (Lipinski definition) is 8. The minimum absolute atomic E-state index is 0.108. The van der Waals surface area contributed by atoms with Crippen LogP contribution in [-0.2, 0) is 10.0 Å². The highest BCUT2D eigenvalue weighted by atomic mass is 32.2. The maximum absolute atomic E-state index is 12.8. The lowest BCUT2D eigenvalue weighted by atomic mass is 10.2. The van der Waals surface area contributed by atoms with Gasteiger partial charge in [-0.15, -0.1) is 0 Å². The maximum Gasteiger partial charge on any atom is 0.261 e. The molecule has 9 nitrogen and oxygen atoms in total. The van der Waals surface area contributed by atoms with Gasteiger partial charge in [-0.25, -0.2) is 13.4 Å². The van der Waals surface area contributed by atoms with E-state index in [1.165, 1.54) is 35.6 Å². The van der Waals surface area contributed by atoms with E-state index in [2.05, 4.69) is 45.0 Å². The minimum atomic E-state index is -3.80. The molecule has 0 bridgehead atoms. The molecular formula is C28H31N5O4S2. The fraction of sp³-hybridized carbons (Fsp3) is 0.286. The summed E-state index contributed by atoms with van der Waals surface area (Å²) in [6, 6.07) is 18.9. The van der Waals surface area contributed by atoms with E-state index in [0.29, 0.717) is 23.5 Å². The number of nitrogens with one attached hydrogen (secondary N) is 2. The number of nitrogens with zero attached hydrogens (tertiary/aromatic N) is 3. The smallest absolute Gasteiger partial charge is 0.261 e. The number of carbonyl (C=O) groups is 1. The number of hydrogen-bond donors (Lipinski definition) is 2. The number of aromatic nitrogens is 1. The molecule has 39 heavy (non-hydrogen) atoms. The lowest BCUT2D eigenvalue weighted by Crippen LogP contribution is -2.48. The summed E-state index contributed by atoms with van der Waals surface area (Å²) in [6.07, 6.45) is 0. The van der Waals surface area contributed by atoms with Crippen LogP contribution in [0.3, 0.4) is 0 Å². The van der Waals surface area contributed by atoms with Crippen LogP contribution in [0.25, 0.3) is 10.2 Å². The van der Waals surface area contributed by atoms with Crippen molar-refractivity contribution in [3.05, 3.63) is 77.9 Å². The molecule has 1 saturated heterocycles. The predicted octanol–water partition coefficient (Wildman–Crippen LogP) is 3.97. The molecule has 2 heterocycles. The molecule has 1 amide bonds. The first-order valence-electron chi connectivity index (χ1n) is 12.7. The van der Waals surface area contributed by atoms with Crippen LogP contribution in [-0.4, -0.2) is 70.6 Å². The Balaban J connectivity index is 1.10. The first-order valence-corrected chi connectivity index (χ1v) is 15.0. The summed E-state index contributed by atoms with van der Waals surface area (Å²) in [5.74, 6) is 0.321. The number of anilines is 2. The average Bonchev–Trinajstić information content (AvgIpc) is 3.39. The molecule has 0 aliphatic carbocycles. The summed E-state index contributed by atoms with van der Waals surface area (Å²) >= 11 is 1.73. The SMILES string of the molecule is COc1ccc(S(=O)(=O)Nc2cccc(C(=O)NCCN3CCN(c4nc5c(C)cccc5s4)CC3)c2)cc1. The van der Waals surface area contributed by atoms with Gasteiger partial charge in [0.25, 0.3) is 15.9 Å². The third-order valence-electron chi connectivity index (χ3n) is 6.71. The molecule has 3 aromatic carbocycles. The molecule has 5 rings (SSSR count). The zero-order valence-electron chi connectivity index (χ0n) is 21.9. The van der Waals surface area contributed by atoms with Crippen molar-refractivity contribution in [3.63, 3.8) is 0 Å². The summed E-state index contributed by atoms with van der Waals surface area (Å²) < 4.78 is 34.3. The molecule has 0 spiro atoms. The first kappa shape index (κ1) is 26.9. The number of ether oxygens (including phenoxy) is 1. The second-order valence-electron chi connectivity index (χ2n) is 9.36. The molecule has 1 aliphatic heterocycles. The number of piperazine rings is 1. The Labute approximate surface area is 232 Å². The van der Waals surface area contributed by atoms with Gasteiger partial charge >= 0.3 is 0 Å². The van der Waals surface area contributed by atoms with Crippen molar-refractivity contribution in [3.8, 4) is 5.75 Å². The van der Waals surface area contributed by atoms with Crippen molar-refractivity contribution in [1.82, 2.24) is 15.2 Å². The molecule has 1 aromatic heterocycles. The van der Waals surface area contributed by atoms with E-state index in [0.717, 1.165) is 43.4 Å². The summed E-state index contributed by atoms with van der Waals surface area (Å²) in [7, 11) is -2.28. The Morgan fingerprint density at radius 2 is 1.77 bits per heavy atom. The Morgan fingerprint density at radius 1 is 1.03 bits per heavy atom. The number of thiazole rings is 1. The number of sulfonamides is 1. The first-order chi connectivity index (χ1) is 18.8. The summed E-state index contributed by atoms with van der Waals surface area (Å²) in [6.45, 7) is 6.91. The number of rotatable bonds is 9. The van der Waals surface area contributed by atoms with E-state index in [4.69, 9.17) is 9.72 Å². The van der Waals surface area contributed by atoms with Crippen LogP contribution in [0.1, 0.15) is 15.9 Å². The highest BCUT2D eigenvalue weighted by molar-refractivity contribution is 7.92. The van der Waals surface area contributed by atoms with E-state index in [1.54, 1.807) is 41.7 Å². The van der Waals surface area contributed by atoms with E-state index in [-0.39, 0.29) is 10.8 Å². The molecular weight excluding hydrogens is 534 g/mol. The van der Waals surface area contributed by atoms with Gasteiger partial charge in [-0.05, 0) is 61.0 Å². The van der Waals surface area contributed by atoms with Gasteiger partial charge in [0.05, 0.1) is 22.2 Å². The Kier molecular flexibility index (Phi) is 8.01. The van der Waals surface area contributed by atoms with Crippen LogP contribution < -0.4 is 19.7 Å². The molecule has 4 aromatic rings. The second-order valence-corrected chi connectivity index (χ2v) is 12.1. The molecule has 204 valence electrons. The van der Waals surface area contributed by atoms with Crippen molar-refractivity contribution in [2.45, 2.75) is 11.8 Å². The second kappa shape index (κ2) is 11.6. The monoisotopic (exact) mass is 565 g/mol. The molecule has 11 heteroatoms. The van der Waals surface area contributed by atoms with Gasteiger partial charge in [-0.3, -0.25) is 14.4 Å². The summed E-state index contributed by atoms with van der Waals surface area (Å²) in [4.78, 5) is 22.4. The Bertz CT molecular complexity index is 1560. The van der Waals surface area contributed by atoms with Gasteiger partial charge in [-0.1, -0.05) is 29.5 Å². The van der Waals surface area contributed by atoms with Crippen molar-refractivity contribution in [2.75, 3.05) is 56.0 Å². The van der Waals surface area contributed by atoms with Gasteiger partial charge in [0, 0.05) is 50.5 Å². The van der Waals surface area contributed by atoms with E-state index < -0.39 is 10.0 Å². The zero-order valence-corrected chi connectivity index (χ0v) is 23.5. The molecule has 0 radical (unpaired) electrons. The lowest BCUT2D eigenvalue weighted by molar-refractivity contribution is 0.0948. The summed E-state index contributed by atoms with van der Waals surface area (Å²) in [5.41, 5.74) is 2.99. The lowest BCUT2D eigenvalue weighted by Gasteiger charge is -2.34. The van der Waals surface area contributed by atoms with Crippen molar-refractivity contribution >= 4 is 48.3 Å². The van der Waals surface area contributed by atoms with Gasteiger partial charge in [0.15, 0.2) is 5.13 Å². The van der Waals surface area contributed by atoms with Crippen LogP contribution in [0.5, 0.6) is 5.75 Å². The standard InChI is InChI=1S/C28H31N5O4S2/c1-20-5-3-8-25-26(20)30-28(38-25)33-17-15-32(16-18-33)14-13-29-27(34)21-6-4-7-22(19-21)31-39(35,36)24-11-9-23(37-2)10-12-24/h3-12,19,31H,13-18H2,1-2H3,(H,29,34). The van der Waals surface area contributed by atoms with Crippen molar-refractivity contribution < 1.29 is 17.9 Å². The molecule has 0 unspecified atom stereocenters. The normalized spacial score (nSPS) is 14.4. The predicted molar refractivity (Wildman–Crippen MR) is 156 cm³/mol. The van der Waals surface area contributed by atoms with Gasteiger partial charge < -0.3 is 15.0 Å². The van der Waals surface area contributed by atoms with E-state index >= 15 is 0 Å². The molecule has 1 aliphatic rings. The quantitative estimate of drug-likeness (QED) is 0.317. The maximum atomic E-state index is 12.8. The number of carbonyl (C=O) groups excluding carboxylic acids is 1. The number of methoxy groups -OCH3 is 1. The molecule has 0 atom stereocenters. The van der Waals surface area contributed by atoms with E-state index in [1.807, 2.05) is 0 Å². The fourth-order valence-corrected chi connectivity index (χ4v) is 6.64. The van der Waals surface area contributed by atoms with E-state index in [9.17, 15) is 13.2 Å². The highest BCUT2D eigenvalue weighted by Gasteiger charge is 2.20. The van der Waals surface area contributed by atoms with Crippen LogP contribution >= 0.6 is 11.3 Å². The van der Waals surface area contributed by atoms with Crippen LogP contribution in [0, 0.1) is 6.92 Å². The number of aryl methyl sites for hydroxylation is 1. The minimum Gasteiger partial charge on any atom is -0.497 e. The molecule has 0 saturated carbocycles. The summed E-state index contributed by atoms with van der Waals surface area (Å²) in [5, 5.41) is 4.02. The Morgan fingerprint density at radius 3 is 2.49 bits per heavy atom. The molecule has 2 N–H and O–H groups in total.